The fourth-order valence-corrected chi connectivity index (χ4v) is 2.87. The van der Waals surface area contributed by atoms with Gasteiger partial charge in [-0.25, -0.2) is 0 Å². The Labute approximate surface area is 120 Å². The van der Waals surface area contributed by atoms with Gasteiger partial charge in [-0.3, -0.25) is 4.79 Å². The third-order valence-corrected chi connectivity index (χ3v) is 4.29. The summed E-state index contributed by atoms with van der Waals surface area (Å²) in [6, 6.07) is 7.46. The molecule has 0 bridgehead atoms. The third-order valence-electron chi connectivity index (χ3n) is 4.29. The molecule has 4 nitrogen and oxygen atoms in total. The molecular formula is C16H24N2O2. The van der Waals surface area contributed by atoms with E-state index in [0.717, 1.165) is 25.1 Å². The van der Waals surface area contributed by atoms with Crippen molar-refractivity contribution >= 4 is 11.6 Å². The number of rotatable bonds is 5. The van der Waals surface area contributed by atoms with Gasteiger partial charge in [0.05, 0.1) is 6.61 Å². The van der Waals surface area contributed by atoms with Crippen molar-refractivity contribution in [2.75, 3.05) is 25.5 Å². The lowest BCUT2D eigenvalue weighted by atomic mass is 9.74. The van der Waals surface area contributed by atoms with Gasteiger partial charge in [0.25, 0.3) is 5.91 Å². The van der Waals surface area contributed by atoms with E-state index in [-0.39, 0.29) is 17.9 Å². The molecule has 1 aromatic rings. The van der Waals surface area contributed by atoms with Gasteiger partial charge in [0.1, 0.15) is 0 Å². The fourth-order valence-electron chi connectivity index (χ4n) is 2.87. The maximum Gasteiger partial charge on any atom is 0.251 e. The number of amides is 1. The summed E-state index contributed by atoms with van der Waals surface area (Å²) in [5.74, 6) is -0.0735. The van der Waals surface area contributed by atoms with E-state index >= 15 is 0 Å². The number of aliphatic hydroxyl groups excluding tert-OH is 1. The first-order chi connectivity index (χ1) is 9.69. The Balaban J connectivity index is 1.94. The van der Waals surface area contributed by atoms with Crippen LogP contribution in [-0.4, -0.2) is 31.2 Å². The van der Waals surface area contributed by atoms with E-state index in [9.17, 15) is 9.90 Å². The summed E-state index contributed by atoms with van der Waals surface area (Å²) in [4.78, 5) is 11.5. The highest BCUT2D eigenvalue weighted by molar-refractivity contribution is 5.94. The van der Waals surface area contributed by atoms with Gasteiger partial charge in [-0.15, -0.1) is 0 Å². The fraction of sp³-hybridized carbons (Fsp3) is 0.562. The summed E-state index contributed by atoms with van der Waals surface area (Å²) in [5.41, 5.74) is 1.68. The number of carbonyl (C=O) groups excluding carboxylic acids is 1. The zero-order chi connectivity index (χ0) is 14.4. The lowest BCUT2D eigenvalue weighted by molar-refractivity contribution is 0.0944. The minimum absolute atomic E-state index is 0.0255. The number of hydrogen-bond acceptors (Lipinski definition) is 3. The van der Waals surface area contributed by atoms with E-state index in [1.54, 1.807) is 7.05 Å². The lowest BCUT2D eigenvalue weighted by Gasteiger charge is -2.36. The lowest BCUT2D eigenvalue weighted by Crippen LogP contribution is -2.35. The maximum absolute atomic E-state index is 11.5. The van der Waals surface area contributed by atoms with Crippen LogP contribution < -0.4 is 10.6 Å². The van der Waals surface area contributed by atoms with E-state index in [2.05, 4.69) is 10.6 Å². The van der Waals surface area contributed by atoms with Crippen LogP contribution in [0.2, 0.25) is 0 Å². The average molecular weight is 276 g/mol. The molecule has 20 heavy (non-hydrogen) atoms. The van der Waals surface area contributed by atoms with Crippen molar-refractivity contribution in [3.05, 3.63) is 29.8 Å². The summed E-state index contributed by atoms with van der Waals surface area (Å²) < 4.78 is 0. The van der Waals surface area contributed by atoms with Crippen molar-refractivity contribution in [1.82, 2.24) is 5.32 Å². The maximum atomic E-state index is 11.5. The van der Waals surface area contributed by atoms with Gasteiger partial charge < -0.3 is 15.7 Å². The van der Waals surface area contributed by atoms with Crippen molar-refractivity contribution in [1.29, 1.82) is 0 Å². The number of hydrogen-bond donors (Lipinski definition) is 3. The van der Waals surface area contributed by atoms with Crippen LogP contribution in [0.1, 0.15) is 42.5 Å². The third kappa shape index (κ3) is 3.51. The normalized spacial score (nSPS) is 17.5. The van der Waals surface area contributed by atoms with E-state index in [4.69, 9.17) is 0 Å². The Bertz CT molecular complexity index is 436. The standard InChI is InChI=1S/C16H24N2O2/c1-17-15(20)13-5-7-14(8-6-13)18-11-16(12-19)9-3-2-4-10-16/h5-8,18-19H,2-4,9-12H2,1H3,(H,17,20). The highest BCUT2D eigenvalue weighted by atomic mass is 16.3. The van der Waals surface area contributed by atoms with E-state index in [0.29, 0.717) is 5.56 Å². The second-order valence-corrected chi connectivity index (χ2v) is 5.73. The van der Waals surface area contributed by atoms with Gasteiger partial charge in [0.2, 0.25) is 0 Å². The van der Waals surface area contributed by atoms with Crippen LogP contribution in [0.4, 0.5) is 5.69 Å². The van der Waals surface area contributed by atoms with Crippen molar-refractivity contribution in [2.24, 2.45) is 5.41 Å². The largest absolute Gasteiger partial charge is 0.396 e. The van der Waals surface area contributed by atoms with Crippen LogP contribution >= 0.6 is 0 Å². The van der Waals surface area contributed by atoms with E-state index in [1.807, 2.05) is 24.3 Å². The van der Waals surface area contributed by atoms with Gasteiger partial charge in [0, 0.05) is 30.3 Å². The Morgan fingerprint density at radius 2 is 1.85 bits per heavy atom. The molecule has 1 aliphatic rings. The molecule has 0 atom stereocenters. The summed E-state index contributed by atoms with van der Waals surface area (Å²) in [6.45, 7) is 1.04. The topological polar surface area (TPSA) is 61.4 Å². The molecule has 0 saturated heterocycles. The molecule has 2 rings (SSSR count). The summed E-state index contributed by atoms with van der Waals surface area (Å²) in [7, 11) is 1.63. The number of nitrogens with one attached hydrogen (secondary N) is 2. The zero-order valence-electron chi connectivity index (χ0n) is 12.1. The SMILES string of the molecule is CNC(=O)c1ccc(NCC2(CO)CCCCC2)cc1. The van der Waals surface area contributed by atoms with Crippen molar-refractivity contribution in [3.63, 3.8) is 0 Å². The Morgan fingerprint density at radius 1 is 1.20 bits per heavy atom. The van der Waals surface area contributed by atoms with Crippen molar-refractivity contribution in [2.45, 2.75) is 32.1 Å². The van der Waals surface area contributed by atoms with Crippen LogP contribution in [0, 0.1) is 5.41 Å². The Morgan fingerprint density at radius 3 is 2.40 bits per heavy atom. The van der Waals surface area contributed by atoms with Crippen molar-refractivity contribution in [3.8, 4) is 0 Å². The molecule has 1 aromatic carbocycles. The molecule has 1 amide bonds. The second-order valence-electron chi connectivity index (χ2n) is 5.73. The summed E-state index contributed by atoms with van der Waals surface area (Å²) >= 11 is 0. The monoisotopic (exact) mass is 276 g/mol. The minimum atomic E-state index is -0.0735. The van der Waals surface area contributed by atoms with E-state index < -0.39 is 0 Å². The van der Waals surface area contributed by atoms with Crippen molar-refractivity contribution < 1.29 is 9.90 Å². The predicted molar refractivity (Wildman–Crippen MR) is 80.9 cm³/mol. The molecular weight excluding hydrogens is 252 g/mol. The van der Waals surface area contributed by atoms with Crippen LogP contribution in [0.5, 0.6) is 0 Å². The van der Waals surface area contributed by atoms with Crippen LogP contribution in [0.15, 0.2) is 24.3 Å². The molecule has 110 valence electrons. The van der Waals surface area contributed by atoms with Crippen LogP contribution in [0.3, 0.4) is 0 Å². The van der Waals surface area contributed by atoms with Gasteiger partial charge in [-0.05, 0) is 37.1 Å². The average Bonchev–Trinajstić information content (AvgIpc) is 2.53. The molecule has 1 aliphatic carbocycles. The smallest absolute Gasteiger partial charge is 0.251 e. The number of benzene rings is 1. The van der Waals surface area contributed by atoms with Crippen LogP contribution in [0.25, 0.3) is 0 Å². The first-order valence-corrected chi connectivity index (χ1v) is 7.36. The molecule has 1 saturated carbocycles. The molecule has 0 heterocycles. The van der Waals surface area contributed by atoms with Gasteiger partial charge >= 0.3 is 0 Å². The number of carbonyl (C=O) groups is 1. The quantitative estimate of drug-likeness (QED) is 0.774. The van der Waals surface area contributed by atoms with Gasteiger partial charge in [-0.1, -0.05) is 19.3 Å². The Hall–Kier alpha value is -1.55. The summed E-state index contributed by atoms with van der Waals surface area (Å²) in [5, 5.41) is 15.7. The molecule has 0 unspecified atom stereocenters. The zero-order valence-corrected chi connectivity index (χ0v) is 12.1. The molecule has 0 spiro atoms. The number of aliphatic hydroxyl groups is 1. The Kier molecular flexibility index (Phi) is 5.01. The van der Waals surface area contributed by atoms with E-state index in [1.165, 1.54) is 19.3 Å². The number of anilines is 1. The molecule has 4 heteroatoms. The minimum Gasteiger partial charge on any atom is -0.396 e. The molecule has 1 fully saturated rings. The molecule has 0 aliphatic heterocycles. The predicted octanol–water partition coefficient (Wildman–Crippen LogP) is 2.40. The molecule has 0 aromatic heterocycles. The second kappa shape index (κ2) is 6.75. The highest BCUT2D eigenvalue weighted by Gasteiger charge is 2.30. The highest BCUT2D eigenvalue weighted by Crippen LogP contribution is 2.35. The van der Waals surface area contributed by atoms with Crippen LogP contribution in [-0.2, 0) is 0 Å². The first kappa shape index (κ1) is 14.9. The van der Waals surface area contributed by atoms with Gasteiger partial charge in [-0.2, -0.15) is 0 Å². The van der Waals surface area contributed by atoms with Gasteiger partial charge in [0.15, 0.2) is 0 Å². The molecule has 0 radical (unpaired) electrons. The summed E-state index contributed by atoms with van der Waals surface area (Å²) in [6.07, 6.45) is 5.87. The first-order valence-electron chi connectivity index (χ1n) is 7.36. The molecule has 3 N–H and O–H groups in total.